The number of hydrogen-bond acceptors (Lipinski definition) is 4. The minimum Gasteiger partial charge on any atom is -0.354 e. The summed E-state index contributed by atoms with van der Waals surface area (Å²) in [5.74, 6) is 0.0174. The molecule has 5 heteroatoms. The summed E-state index contributed by atoms with van der Waals surface area (Å²) in [6, 6.07) is 11.1. The Kier molecular flexibility index (Phi) is 4.14. The number of rotatable bonds is 4. The summed E-state index contributed by atoms with van der Waals surface area (Å²) in [7, 11) is 0. The molecule has 0 amide bonds. The fourth-order valence-corrected chi connectivity index (χ4v) is 3.50. The van der Waals surface area contributed by atoms with Crippen LogP contribution in [0.4, 0.5) is 5.13 Å². The number of benzene rings is 2. The molecule has 0 saturated carbocycles. The van der Waals surface area contributed by atoms with Crippen LogP contribution < -0.4 is 5.32 Å². The molecule has 2 aromatic carbocycles. The number of anilines is 1. The second kappa shape index (κ2) is 6.07. The van der Waals surface area contributed by atoms with Gasteiger partial charge in [0.1, 0.15) is 0 Å². The van der Waals surface area contributed by atoms with Crippen LogP contribution in [0.15, 0.2) is 36.4 Å². The zero-order valence-electron chi connectivity index (χ0n) is 12.3. The van der Waals surface area contributed by atoms with Crippen molar-refractivity contribution in [1.29, 1.82) is 0 Å². The molecule has 0 saturated heterocycles. The van der Waals surface area contributed by atoms with Crippen molar-refractivity contribution >= 4 is 44.1 Å². The van der Waals surface area contributed by atoms with E-state index in [1.807, 2.05) is 0 Å². The molecule has 0 aliphatic heterocycles. The Hall–Kier alpha value is -1.91. The number of Topliss-reactive ketones (excluding diaryl/α,β-unsaturated/α-hetero) is 1. The van der Waals surface area contributed by atoms with E-state index in [9.17, 15) is 4.79 Å². The average Bonchev–Trinajstić information content (AvgIpc) is 2.89. The first kappa shape index (κ1) is 15.0. The third-order valence-electron chi connectivity index (χ3n) is 3.40. The summed E-state index contributed by atoms with van der Waals surface area (Å²) in [5, 5.41) is 4.51. The SMILES string of the molecule is Cc1cc(C)c2nc(NCC(=O)c3ccc(Cl)cc3)sc2c1. The maximum Gasteiger partial charge on any atom is 0.184 e. The minimum absolute atomic E-state index is 0.0174. The summed E-state index contributed by atoms with van der Waals surface area (Å²) in [5.41, 5.74) is 4.02. The van der Waals surface area contributed by atoms with Gasteiger partial charge in [0.25, 0.3) is 0 Å². The molecule has 3 rings (SSSR count). The number of halogens is 1. The first-order valence-corrected chi connectivity index (χ1v) is 8.13. The van der Waals surface area contributed by atoms with Gasteiger partial charge in [-0.15, -0.1) is 0 Å². The Morgan fingerprint density at radius 2 is 1.95 bits per heavy atom. The van der Waals surface area contributed by atoms with E-state index in [1.54, 1.807) is 35.6 Å². The number of aromatic nitrogens is 1. The summed E-state index contributed by atoms with van der Waals surface area (Å²) >= 11 is 7.40. The molecule has 1 aromatic heterocycles. The predicted molar refractivity (Wildman–Crippen MR) is 93.4 cm³/mol. The first-order valence-electron chi connectivity index (χ1n) is 6.93. The average molecular weight is 331 g/mol. The van der Waals surface area contributed by atoms with Crippen molar-refractivity contribution in [3.63, 3.8) is 0 Å². The van der Waals surface area contributed by atoms with E-state index in [1.165, 1.54) is 5.56 Å². The molecule has 0 radical (unpaired) electrons. The van der Waals surface area contributed by atoms with E-state index in [2.05, 4.69) is 36.3 Å². The van der Waals surface area contributed by atoms with Crippen molar-refractivity contribution < 1.29 is 4.79 Å². The number of hydrogen-bond donors (Lipinski definition) is 1. The Bertz CT molecular complexity index is 840. The molecule has 112 valence electrons. The van der Waals surface area contributed by atoms with Gasteiger partial charge in [-0.2, -0.15) is 0 Å². The lowest BCUT2D eigenvalue weighted by Crippen LogP contribution is -2.13. The standard InChI is InChI=1S/C17H15ClN2OS/c1-10-7-11(2)16-15(8-10)22-17(20-16)19-9-14(21)12-3-5-13(18)6-4-12/h3-8H,9H2,1-2H3,(H,19,20). The van der Waals surface area contributed by atoms with Crippen LogP contribution in [0.3, 0.4) is 0 Å². The molecule has 0 bridgehead atoms. The molecular formula is C17H15ClN2OS. The monoisotopic (exact) mass is 330 g/mol. The molecule has 3 aromatic rings. The third-order valence-corrected chi connectivity index (χ3v) is 4.61. The van der Waals surface area contributed by atoms with Crippen LogP contribution >= 0.6 is 22.9 Å². The second-order valence-corrected chi connectivity index (χ2v) is 6.70. The van der Waals surface area contributed by atoms with Gasteiger partial charge < -0.3 is 5.32 Å². The van der Waals surface area contributed by atoms with Gasteiger partial charge >= 0.3 is 0 Å². The number of fused-ring (bicyclic) bond motifs is 1. The van der Waals surface area contributed by atoms with Crippen molar-refractivity contribution in [1.82, 2.24) is 4.98 Å². The van der Waals surface area contributed by atoms with Crippen molar-refractivity contribution in [2.45, 2.75) is 13.8 Å². The highest BCUT2D eigenvalue weighted by atomic mass is 35.5. The molecule has 0 atom stereocenters. The summed E-state index contributed by atoms with van der Waals surface area (Å²) in [4.78, 5) is 16.7. The van der Waals surface area contributed by atoms with E-state index in [0.29, 0.717) is 10.6 Å². The van der Waals surface area contributed by atoms with Crippen molar-refractivity contribution in [3.05, 3.63) is 58.1 Å². The molecule has 1 N–H and O–H groups in total. The Balaban J connectivity index is 1.75. The second-order valence-electron chi connectivity index (χ2n) is 5.23. The van der Waals surface area contributed by atoms with Crippen LogP contribution in [0, 0.1) is 13.8 Å². The van der Waals surface area contributed by atoms with Crippen molar-refractivity contribution in [2.24, 2.45) is 0 Å². The largest absolute Gasteiger partial charge is 0.354 e. The van der Waals surface area contributed by atoms with Crippen molar-refractivity contribution in [2.75, 3.05) is 11.9 Å². The molecular weight excluding hydrogens is 316 g/mol. The molecule has 0 spiro atoms. The predicted octanol–water partition coefficient (Wildman–Crippen LogP) is 4.86. The fourth-order valence-electron chi connectivity index (χ4n) is 2.34. The number of nitrogens with one attached hydrogen (secondary N) is 1. The van der Waals surface area contributed by atoms with E-state index < -0.39 is 0 Å². The van der Waals surface area contributed by atoms with Crippen LogP contribution in [0.2, 0.25) is 5.02 Å². The van der Waals surface area contributed by atoms with Crippen LogP contribution in [-0.2, 0) is 0 Å². The lowest BCUT2D eigenvalue weighted by atomic mass is 10.1. The Morgan fingerprint density at radius 1 is 1.23 bits per heavy atom. The topological polar surface area (TPSA) is 42.0 Å². The molecule has 0 fully saturated rings. The Morgan fingerprint density at radius 3 is 2.68 bits per heavy atom. The maximum atomic E-state index is 12.1. The highest BCUT2D eigenvalue weighted by molar-refractivity contribution is 7.22. The van der Waals surface area contributed by atoms with E-state index >= 15 is 0 Å². The van der Waals surface area contributed by atoms with Gasteiger partial charge in [0.15, 0.2) is 10.9 Å². The number of aryl methyl sites for hydroxylation is 2. The van der Waals surface area contributed by atoms with Crippen LogP contribution in [-0.4, -0.2) is 17.3 Å². The van der Waals surface area contributed by atoms with Gasteiger partial charge in [-0.25, -0.2) is 4.98 Å². The number of nitrogens with zero attached hydrogens (tertiary/aromatic N) is 1. The normalized spacial score (nSPS) is 10.9. The molecule has 1 heterocycles. The number of carbonyl (C=O) groups is 1. The van der Waals surface area contributed by atoms with Gasteiger partial charge in [-0.1, -0.05) is 29.0 Å². The Labute approximate surface area is 138 Å². The minimum atomic E-state index is 0.0174. The van der Waals surface area contributed by atoms with E-state index in [4.69, 9.17) is 11.6 Å². The lowest BCUT2D eigenvalue weighted by molar-refractivity contribution is 0.101. The summed E-state index contributed by atoms with van der Waals surface area (Å²) < 4.78 is 1.14. The van der Waals surface area contributed by atoms with Crippen LogP contribution in [0.1, 0.15) is 21.5 Å². The van der Waals surface area contributed by atoms with Gasteiger partial charge in [0, 0.05) is 10.6 Å². The zero-order chi connectivity index (χ0) is 15.7. The molecule has 0 unspecified atom stereocenters. The van der Waals surface area contributed by atoms with Crippen LogP contribution in [0.5, 0.6) is 0 Å². The number of carbonyl (C=O) groups excluding carboxylic acids is 1. The molecule has 0 aliphatic rings. The number of ketones is 1. The fraction of sp³-hybridized carbons (Fsp3) is 0.176. The van der Waals surface area contributed by atoms with Gasteiger partial charge in [0.05, 0.1) is 16.8 Å². The third kappa shape index (κ3) is 3.13. The van der Waals surface area contributed by atoms with Crippen molar-refractivity contribution in [3.8, 4) is 0 Å². The molecule has 22 heavy (non-hydrogen) atoms. The van der Waals surface area contributed by atoms with E-state index in [-0.39, 0.29) is 12.3 Å². The maximum absolute atomic E-state index is 12.1. The molecule has 0 aliphatic carbocycles. The lowest BCUT2D eigenvalue weighted by Gasteiger charge is -2.02. The van der Waals surface area contributed by atoms with Gasteiger partial charge in [-0.05, 0) is 55.3 Å². The highest BCUT2D eigenvalue weighted by Gasteiger charge is 2.09. The smallest absolute Gasteiger partial charge is 0.184 e. The molecule has 3 nitrogen and oxygen atoms in total. The van der Waals surface area contributed by atoms with Gasteiger partial charge in [0.2, 0.25) is 0 Å². The first-order chi connectivity index (χ1) is 10.5. The van der Waals surface area contributed by atoms with Gasteiger partial charge in [-0.3, -0.25) is 4.79 Å². The highest BCUT2D eigenvalue weighted by Crippen LogP contribution is 2.29. The zero-order valence-corrected chi connectivity index (χ0v) is 13.9. The number of thiazole rings is 1. The summed E-state index contributed by atoms with van der Waals surface area (Å²) in [6.45, 7) is 4.35. The summed E-state index contributed by atoms with van der Waals surface area (Å²) in [6.07, 6.45) is 0. The van der Waals surface area contributed by atoms with E-state index in [0.717, 1.165) is 20.9 Å². The quantitative estimate of drug-likeness (QED) is 0.694. The van der Waals surface area contributed by atoms with Crippen LogP contribution in [0.25, 0.3) is 10.2 Å².